The van der Waals surface area contributed by atoms with Crippen molar-refractivity contribution in [2.24, 2.45) is 0 Å². The molecule has 1 aromatic carbocycles. The molecule has 142 valence electrons. The maximum absolute atomic E-state index is 13.0. The minimum atomic E-state index is -0.471. The molecule has 0 spiro atoms. The van der Waals surface area contributed by atoms with E-state index in [1.54, 1.807) is 12.1 Å². The molecule has 7 heteroatoms. The van der Waals surface area contributed by atoms with Gasteiger partial charge in [-0.25, -0.2) is 4.98 Å². The summed E-state index contributed by atoms with van der Waals surface area (Å²) in [7, 11) is 0. The van der Waals surface area contributed by atoms with Crippen molar-refractivity contribution in [3.8, 4) is 6.07 Å². The van der Waals surface area contributed by atoms with Crippen LogP contribution in [-0.2, 0) is 4.79 Å². The molecule has 2 aromatic rings. The van der Waals surface area contributed by atoms with Gasteiger partial charge in [-0.05, 0) is 30.5 Å². The molecule has 1 atom stereocenters. The standard InChI is InChI=1S/C21H20N4O2S/c1-11(2)28-21-24-19-18(20(27)25-21)16(13-8-6-12(10-22)7-9-13)17-14(23-19)4-3-5-15(17)26/h6-9,11,16H,3-5H2,1-2H3,(H2,23,24,25,27). The summed E-state index contributed by atoms with van der Waals surface area (Å²) in [6.07, 6.45) is 2.03. The number of anilines is 1. The average molecular weight is 392 g/mol. The third-order valence-corrected chi connectivity index (χ3v) is 5.84. The number of thioether (sulfide) groups is 1. The predicted octanol–water partition coefficient (Wildman–Crippen LogP) is 3.71. The lowest BCUT2D eigenvalue weighted by atomic mass is 9.76. The van der Waals surface area contributed by atoms with Crippen molar-refractivity contribution in [3.63, 3.8) is 0 Å². The van der Waals surface area contributed by atoms with Crippen LogP contribution in [0.5, 0.6) is 0 Å². The number of hydrogen-bond acceptors (Lipinski definition) is 6. The lowest BCUT2D eigenvalue weighted by molar-refractivity contribution is -0.116. The SMILES string of the molecule is CC(C)Sc1nc2c(c(=O)[nH]1)C(c1ccc(C#N)cc1)C1=C(CCCC1=O)N2. The van der Waals surface area contributed by atoms with Crippen LogP contribution in [0.25, 0.3) is 0 Å². The topological polar surface area (TPSA) is 98.6 Å². The summed E-state index contributed by atoms with van der Waals surface area (Å²) in [6.45, 7) is 4.08. The minimum Gasteiger partial charge on any atom is -0.343 e. The summed E-state index contributed by atoms with van der Waals surface area (Å²) < 4.78 is 0. The molecule has 1 aliphatic carbocycles. The number of nitrogens with one attached hydrogen (secondary N) is 2. The fraction of sp³-hybridized carbons (Fsp3) is 0.333. The molecule has 1 aromatic heterocycles. The summed E-state index contributed by atoms with van der Waals surface area (Å²) in [4.78, 5) is 33.3. The van der Waals surface area contributed by atoms with Crippen molar-refractivity contribution in [2.45, 2.75) is 49.4 Å². The summed E-state index contributed by atoms with van der Waals surface area (Å²) in [5.41, 5.74) is 3.10. The molecule has 0 saturated carbocycles. The van der Waals surface area contributed by atoms with E-state index in [1.807, 2.05) is 26.0 Å². The maximum atomic E-state index is 13.0. The van der Waals surface area contributed by atoms with E-state index in [0.29, 0.717) is 34.1 Å². The van der Waals surface area contributed by atoms with Crippen LogP contribution in [0.2, 0.25) is 0 Å². The molecule has 6 nitrogen and oxygen atoms in total. The lowest BCUT2D eigenvalue weighted by Gasteiger charge is -2.32. The van der Waals surface area contributed by atoms with E-state index in [-0.39, 0.29) is 16.6 Å². The molecule has 2 N–H and O–H groups in total. The quantitative estimate of drug-likeness (QED) is 0.610. The first-order valence-corrected chi connectivity index (χ1v) is 10.2. The highest BCUT2D eigenvalue weighted by molar-refractivity contribution is 7.99. The molecule has 28 heavy (non-hydrogen) atoms. The smallest absolute Gasteiger partial charge is 0.257 e. The van der Waals surface area contributed by atoms with E-state index in [9.17, 15) is 9.59 Å². The minimum absolute atomic E-state index is 0.0637. The van der Waals surface area contributed by atoms with Crippen molar-refractivity contribution in [3.05, 3.63) is 62.6 Å². The Kier molecular flexibility index (Phi) is 4.82. The molecule has 2 aliphatic rings. The highest BCUT2D eigenvalue weighted by atomic mass is 32.2. The number of Topliss-reactive ketones (excluding diaryl/α,β-unsaturated/α-hetero) is 1. The van der Waals surface area contributed by atoms with Gasteiger partial charge in [0.1, 0.15) is 5.82 Å². The van der Waals surface area contributed by atoms with Gasteiger partial charge in [0.25, 0.3) is 5.56 Å². The van der Waals surface area contributed by atoms with E-state index in [0.717, 1.165) is 24.1 Å². The number of fused-ring (bicyclic) bond motifs is 1. The van der Waals surface area contributed by atoms with Crippen molar-refractivity contribution in [1.29, 1.82) is 5.26 Å². The molecule has 1 unspecified atom stereocenters. The Bertz CT molecular complexity index is 1080. The zero-order chi connectivity index (χ0) is 19.8. The highest BCUT2D eigenvalue weighted by Crippen LogP contribution is 2.43. The Hall–Kier alpha value is -2.85. The van der Waals surface area contributed by atoms with Gasteiger partial charge >= 0.3 is 0 Å². The molecule has 0 saturated heterocycles. The van der Waals surface area contributed by atoms with Gasteiger partial charge in [-0.1, -0.05) is 37.7 Å². The first-order valence-electron chi connectivity index (χ1n) is 9.32. The third kappa shape index (κ3) is 3.25. The Morgan fingerprint density at radius 1 is 1.21 bits per heavy atom. The first kappa shape index (κ1) is 18.5. The number of aromatic nitrogens is 2. The van der Waals surface area contributed by atoms with Crippen molar-refractivity contribution in [2.75, 3.05) is 5.32 Å². The van der Waals surface area contributed by atoms with Gasteiger partial charge in [0.05, 0.1) is 17.2 Å². The predicted molar refractivity (Wildman–Crippen MR) is 108 cm³/mol. The fourth-order valence-electron chi connectivity index (χ4n) is 3.80. The monoisotopic (exact) mass is 392 g/mol. The zero-order valence-corrected chi connectivity index (χ0v) is 16.5. The zero-order valence-electron chi connectivity index (χ0n) is 15.7. The normalized spacial score (nSPS) is 18.4. The van der Waals surface area contributed by atoms with Crippen molar-refractivity contribution >= 4 is 23.4 Å². The number of allylic oxidation sites excluding steroid dienone is 2. The maximum Gasteiger partial charge on any atom is 0.257 e. The lowest BCUT2D eigenvalue weighted by Crippen LogP contribution is -2.32. The number of carbonyl (C=O) groups is 1. The second kappa shape index (κ2) is 7.28. The van der Waals surface area contributed by atoms with E-state index in [2.05, 4.69) is 21.4 Å². The van der Waals surface area contributed by atoms with Crippen LogP contribution < -0.4 is 10.9 Å². The Labute approximate surface area is 167 Å². The number of rotatable bonds is 3. The Balaban J connectivity index is 1.91. The third-order valence-electron chi connectivity index (χ3n) is 4.96. The number of aromatic amines is 1. The van der Waals surface area contributed by atoms with Crippen LogP contribution in [0.4, 0.5) is 5.82 Å². The highest BCUT2D eigenvalue weighted by Gasteiger charge is 2.37. The van der Waals surface area contributed by atoms with Gasteiger partial charge < -0.3 is 10.3 Å². The van der Waals surface area contributed by atoms with Gasteiger partial charge in [0.15, 0.2) is 10.9 Å². The summed E-state index contributed by atoms with van der Waals surface area (Å²) in [6, 6.07) is 9.18. The largest absolute Gasteiger partial charge is 0.343 e. The van der Waals surface area contributed by atoms with E-state index in [1.165, 1.54) is 11.8 Å². The fourth-order valence-corrected chi connectivity index (χ4v) is 4.55. The Morgan fingerprint density at radius 3 is 2.64 bits per heavy atom. The molecule has 1 aliphatic heterocycles. The van der Waals surface area contributed by atoms with Gasteiger partial charge in [0.2, 0.25) is 0 Å². The summed E-state index contributed by atoms with van der Waals surface area (Å²) >= 11 is 1.49. The van der Waals surface area contributed by atoms with Crippen LogP contribution in [0.15, 0.2) is 45.5 Å². The molecule has 4 rings (SSSR count). The van der Waals surface area contributed by atoms with Gasteiger partial charge in [-0.2, -0.15) is 5.26 Å². The van der Waals surface area contributed by atoms with E-state index in [4.69, 9.17) is 5.26 Å². The van der Waals surface area contributed by atoms with Gasteiger partial charge in [0, 0.05) is 28.9 Å². The number of carbonyl (C=O) groups excluding carboxylic acids is 1. The molecule has 0 fully saturated rings. The van der Waals surface area contributed by atoms with Gasteiger partial charge in [-0.15, -0.1) is 0 Å². The number of hydrogen-bond donors (Lipinski definition) is 2. The number of nitriles is 1. The van der Waals surface area contributed by atoms with E-state index >= 15 is 0 Å². The summed E-state index contributed by atoms with van der Waals surface area (Å²) in [5.74, 6) is 0.115. The van der Waals surface area contributed by atoms with Crippen LogP contribution in [-0.4, -0.2) is 21.0 Å². The second-order valence-electron chi connectivity index (χ2n) is 7.26. The van der Waals surface area contributed by atoms with E-state index < -0.39 is 5.92 Å². The Morgan fingerprint density at radius 2 is 1.96 bits per heavy atom. The number of H-pyrrole nitrogens is 1. The van der Waals surface area contributed by atoms with Crippen LogP contribution >= 0.6 is 11.8 Å². The molecule has 0 radical (unpaired) electrons. The summed E-state index contributed by atoms with van der Waals surface area (Å²) in [5, 5.41) is 13.2. The number of benzene rings is 1. The van der Waals surface area contributed by atoms with Crippen molar-refractivity contribution < 1.29 is 4.79 Å². The van der Waals surface area contributed by atoms with Crippen LogP contribution in [0.1, 0.15) is 55.7 Å². The number of nitrogens with zero attached hydrogens (tertiary/aromatic N) is 2. The molecule has 0 bridgehead atoms. The molecule has 0 amide bonds. The first-order chi connectivity index (χ1) is 13.5. The van der Waals surface area contributed by atoms with Crippen molar-refractivity contribution in [1.82, 2.24) is 9.97 Å². The molecule has 2 heterocycles. The second-order valence-corrected chi connectivity index (χ2v) is 8.83. The van der Waals surface area contributed by atoms with Crippen LogP contribution in [0, 0.1) is 11.3 Å². The average Bonchev–Trinajstić information content (AvgIpc) is 2.66. The molecular weight excluding hydrogens is 372 g/mol. The molecular formula is C21H20N4O2S. The van der Waals surface area contributed by atoms with Crippen LogP contribution in [0.3, 0.4) is 0 Å². The van der Waals surface area contributed by atoms with Gasteiger partial charge in [-0.3, -0.25) is 9.59 Å². The number of ketones is 1.